The van der Waals surface area contributed by atoms with Crippen LogP contribution in [-0.2, 0) is 16.1 Å². The minimum atomic E-state index is -0.694. The molecule has 7 heteroatoms. The Bertz CT molecular complexity index is 1010. The van der Waals surface area contributed by atoms with Crippen molar-refractivity contribution in [1.29, 1.82) is 0 Å². The monoisotopic (exact) mass is 413 g/mol. The Labute approximate surface area is 172 Å². The molecule has 0 aromatic heterocycles. The molecule has 1 amide bonds. The van der Waals surface area contributed by atoms with Gasteiger partial charge in [-0.2, -0.15) is 0 Å². The van der Waals surface area contributed by atoms with Gasteiger partial charge in [-0.25, -0.2) is 9.18 Å². The van der Waals surface area contributed by atoms with E-state index in [4.69, 9.17) is 21.1 Å². The molecule has 3 aromatic rings. The molecule has 5 nitrogen and oxygen atoms in total. The lowest BCUT2D eigenvalue weighted by molar-refractivity contribution is -0.119. The molecule has 0 saturated heterocycles. The first-order valence-corrected chi connectivity index (χ1v) is 9.08. The number of amides is 1. The van der Waals surface area contributed by atoms with Crippen molar-refractivity contribution in [3.05, 3.63) is 94.8 Å². The number of esters is 1. The van der Waals surface area contributed by atoms with Gasteiger partial charge in [0.1, 0.15) is 23.7 Å². The van der Waals surface area contributed by atoms with Gasteiger partial charge in [0.15, 0.2) is 6.61 Å². The van der Waals surface area contributed by atoms with Gasteiger partial charge in [-0.15, -0.1) is 0 Å². The van der Waals surface area contributed by atoms with Gasteiger partial charge in [0.05, 0.1) is 5.02 Å². The van der Waals surface area contributed by atoms with Crippen LogP contribution in [0.4, 0.5) is 10.1 Å². The van der Waals surface area contributed by atoms with E-state index in [0.29, 0.717) is 11.4 Å². The van der Waals surface area contributed by atoms with E-state index in [1.165, 1.54) is 12.1 Å². The number of anilines is 1. The van der Waals surface area contributed by atoms with Crippen molar-refractivity contribution in [3.8, 4) is 5.75 Å². The fourth-order valence-corrected chi connectivity index (χ4v) is 2.66. The first-order chi connectivity index (χ1) is 14.0. The van der Waals surface area contributed by atoms with Crippen LogP contribution >= 0.6 is 11.6 Å². The number of rotatable bonds is 7. The Hall–Kier alpha value is -3.38. The van der Waals surface area contributed by atoms with Crippen molar-refractivity contribution in [3.63, 3.8) is 0 Å². The van der Waals surface area contributed by atoms with Crippen molar-refractivity contribution >= 4 is 29.2 Å². The van der Waals surface area contributed by atoms with E-state index in [-0.39, 0.29) is 17.2 Å². The van der Waals surface area contributed by atoms with Crippen molar-refractivity contribution in [1.82, 2.24) is 0 Å². The van der Waals surface area contributed by atoms with Crippen molar-refractivity contribution in [2.45, 2.75) is 6.61 Å². The second kappa shape index (κ2) is 9.71. The van der Waals surface area contributed by atoms with Crippen molar-refractivity contribution in [2.75, 3.05) is 11.9 Å². The molecule has 0 unspecified atom stereocenters. The van der Waals surface area contributed by atoms with Gasteiger partial charge in [0.2, 0.25) is 0 Å². The van der Waals surface area contributed by atoms with Crippen LogP contribution in [0.3, 0.4) is 0 Å². The minimum absolute atomic E-state index is 0.121. The summed E-state index contributed by atoms with van der Waals surface area (Å²) in [6, 6.07) is 19.9. The average Bonchev–Trinajstić information content (AvgIpc) is 2.74. The zero-order valence-electron chi connectivity index (χ0n) is 15.2. The SMILES string of the molecule is O=C(COC(=O)c1ccccc1OCc1ccccc1)Nc1ccc(F)c(Cl)c1. The molecule has 0 saturated carbocycles. The molecule has 1 N–H and O–H groups in total. The third-order valence-corrected chi connectivity index (χ3v) is 4.17. The number of hydrogen-bond acceptors (Lipinski definition) is 4. The number of hydrogen-bond donors (Lipinski definition) is 1. The van der Waals surface area contributed by atoms with Crippen molar-refractivity contribution in [2.24, 2.45) is 0 Å². The summed E-state index contributed by atoms with van der Waals surface area (Å²) >= 11 is 5.67. The summed E-state index contributed by atoms with van der Waals surface area (Å²) in [5, 5.41) is 2.36. The number of benzene rings is 3. The van der Waals surface area contributed by atoms with Gasteiger partial charge in [-0.3, -0.25) is 4.79 Å². The zero-order chi connectivity index (χ0) is 20.6. The fourth-order valence-electron chi connectivity index (χ4n) is 2.48. The van der Waals surface area contributed by atoms with Gasteiger partial charge >= 0.3 is 5.97 Å². The molecular weight excluding hydrogens is 397 g/mol. The molecule has 148 valence electrons. The summed E-state index contributed by atoms with van der Waals surface area (Å²) in [5.41, 5.74) is 1.46. The zero-order valence-corrected chi connectivity index (χ0v) is 16.0. The first kappa shape index (κ1) is 20.4. The number of para-hydroxylation sites is 1. The highest BCUT2D eigenvalue weighted by Gasteiger charge is 2.16. The Morgan fingerprint density at radius 2 is 1.69 bits per heavy atom. The van der Waals surface area contributed by atoms with E-state index in [9.17, 15) is 14.0 Å². The molecule has 0 fully saturated rings. The first-order valence-electron chi connectivity index (χ1n) is 8.70. The van der Waals surface area contributed by atoms with Gasteiger partial charge in [-0.05, 0) is 35.9 Å². The summed E-state index contributed by atoms with van der Waals surface area (Å²) in [7, 11) is 0. The minimum Gasteiger partial charge on any atom is -0.488 e. The maximum Gasteiger partial charge on any atom is 0.342 e. The average molecular weight is 414 g/mol. The van der Waals surface area contributed by atoms with E-state index < -0.39 is 24.3 Å². The smallest absolute Gasteiger partial charge is 0.342 e. The normalized spacial score (nSPS) is 10.3. The highest BCUT2D eigenvalue weighted by atomic mass is 35.5. The van der Waals surface area contributed by atoms with Crippen LogP contribution in [0.25, 0.3) is 0 Å². The standard InChI is InChI=1S/C22H17ClFNO4/c23-18-12-16(10-11-19(18)24)25-21(26)14-29-22(27)17-8-4-5-9-20(17)28-13-15-6-2-1-3-7-15/h1-12H,13-14H2,(H,25,26). The Balaban J connectivity index is 1.57. The lowest BCUT2D eigenvalue weighted by Gasteiger charge is -2.11. The Morgan fingerprint density at radius 3 is 2.45 bits per heavy atom. The van der Waals surface area contributed by atoms with E-state index in [2.05, 4.69) is 5.32 Å². The van der Waals surface area contributed by atoms with Crippen LogP contribution in [0.15, 0.2) is 72.8 Å². The molecule has 3 rings (SSSR count). The summed E-state index contributed by atoms with van der Waals surface area (Å²) < 4.78 is 24.0. The van der Waals surface area contributed by atoms with Crippen molar-refractivity contribution < 1.29 is 23.5 Å². The maximum absolute atomic E-state index is 13.2. The number of carbonyl (C=O) groups excluding carboxylic acids is 2. The van der Waals surface area contributed by atoms with Crippen LogP contribution in [-0.4, -0.2) is 18.5 Å². The van der Waals surface area contributed by atoms with Crippen LogP contribution < -0.4 is 10.1 Å². The summed E-state index contributed by atoms with van der Waals surface area (Å²) in [6.45, 7) is -0.224. The van der Waals surface area contributed by atoms with Gasteiger partial charge in [-0.1, -0.05) is 54.1 Å². The van der Waals surface area contributed by atoms with E-state index in [1.807, 2.05) is 30.3 Å². The quantitative estimate of drug-likeness (QED) is 0.562. The second-order valence-corrected chi connectivity index (χ2v) is 6.43. The molecule has 0 aliphatic carbocycles. The number of nitrogens with one attached hydrogen (secondary N) is 1. The van der Waals surface area contributed by atoms with Crippen LogP contribution in [0.5, 0.6) is 5.75 Å². The second-order valence-electron chi connectivity index (χ2n) is 6.02. The number of halogens is 2. The molecular formula is C22H17ClFNO4. The molecule has 0 radical (unpaired) electrons. The summed E-state index contributed by atoms with van der Waals surface area (Å²) in [4.78, 5) is 24.4. The molecule has 0 aliphatic heterocycles. The van der Waals surface area contributed by atoms with Crippen LogP contribution in [0.1, 0.15) is 15.9 Å². The van der Waals surface area contributed by atoms with Gasteiger partial charge in [0, 0.05) is 5.69 Å². The molecule has 0 atom stereocenters. The number of carbonyl (C=O) groups is 2. The van der Waals surface area contributed by atoms with Crippen LogP contribution in [0.2, 0.25) is 5.02 Å². The summed E-state index contributed by atoms with van der Waals surface area (Å²) in [5.74, 6) is -1.51. The highest BCUT2D eigenvalue weighted by molar-refractivity contribution is 6.31. The highest BCUT2D eigenvalue weighted by Crippen LogP contribution is 2.21. The van der Waals surface area contributed by atoms with Gasteiger partial charge in [0.25, 0.3) is 5.91 Å². The topological polar surface area (TPSA) is 64.6 Å². The predicted octanol–water partition coefficient (Wildman–Crippen LogP) is 4.85. The predicted molar refractivity (Wildman–Crippen MR) is 108 cm³/mol. The molecule has 0 aliphatic rings. The maximum atomic E-state index is 13.2. The van der Waals surface area contributed by atoms with E-state index in [0.717, 1.165) is 11.6 Å². The lowest BCUT2D eigenvalue weighted by atomic mass is 10.2. The molecule has 0 bridgehead atoms. The van der Waals surface area contributed by atoms with E-state index in [1.54, 1.807) is 24.3 Å². The lowest BCUT2D eigenvalue weighted by Crippen LogP contribution is -2.21. The molecule has 3 aromatic carbocycles. The van der Waals surface area contributed by atoms with Crippen LogP contribution in [0, 0.1) is 5.82 Å². The molecule has 0 spiro atoms. The van der Waals surface area contributed by atoms with Gasteiger partial charge < -0.3 is 14.8 Å². The third kappa shape index (κ3) is 5.80. The Morgan fingerprint density at radius 1 is 0.966 bits per heavy atom. The fraction of sp³-hybridized carbons (Fsp3) is 0.0909. The summed E-state index contributed by atoms with van der Waals surface area (Å²) in [6.07, 6.45) is 0. The molecule has 29 heavy (non-hydrogen) atoms. The molecule has 0 heterocycles. The third-order valence-electron chi connectivity index (χ3n) is 3.88. The number of ether oxygens (including phenoxy) is 2. The van der Waals surface area contributed by atoms with E-state index >= 15 is 0 Å². The Kier molecular flexibility index (Phi) is 6.81. The largest absolute Gasteiger partial charge is 0.488 e.